The van der Waals surface area contributed by atoms with Crippen molar-refractivity contribution >= 4 is 15.8 Å². The van der Waals surface area contributed by atoms with Crippen LogP contribution in [-0.2, 0) is 55.9 Å². The second-order valence-electron chi connectivity index (χ2n) is 23.4. The van der Waals surface area contributed by atoms with E-state index in [-0.39, 0.29) is 54.7 Å². The minimum Gasteiger partial charge on any atom is -0.459 e. The molecule has 0 radical (unpaired) electrons. The van der Waals surface area contributed by atoms with Crippen molar-refractivity contribution in [3.05, 3.63) is 41.7 Å². The van der Waals surface area contributed by atoms with Crippen LogP contribution in [0.15, 0.2) is 35.4 Å². The number of sulfone groups is 1. The molecule has 0 amide bonds. The number of halogens is 1. The first kappa shape index (κ1) is 64.1. The zero-order valence-electron chi connectivity index (χ0n) is 47.7. The summed E-state index contributed by atoms with van der Waals surface area (Å²) in [7, 11) is 1.89. The number of carbonyl (C=O) groups excluding carboxylic acids is 1. The number of hydrogen-bond acceptors (Lipinski definition) is 18. The summed E-state index contributed by atoms with van der Waals surface area (Å²) in [4.78, 5) is 18.8. The van der Waals surface area contributed by atoms with Gasteiger partial charge in [0.15, 0.2) is 22.4 Å². The lowest BCUT2D eigenvalue weighted by Gasteiger charge is -2.48. The van der Waals surface area contributed by atoms with Gasteiger partial charge in [0.2, 0.25) is 0 Å². The number of aliphatic hydroxyl groups is 5. The maximum atomic E-state index is 14.6. The topological polar surface area (TPSA) is 245 Å². The van der Waals surface area contributed by atoms with Crippen molar-refractivity contribution in [3.63, 3.8) is 0 Å². The van der Waals surface area contributed by atoms with Crippen molar-refractivity contribution < 1.29 is 71.6 Å². The van der Waals surface area contributed by atoms with E-state index < -0.39 is 125 Å². The van der Waals surface area contributed by atoms with Crippen molar-refractivity contribution in [1.29, 1.82) is 0 Å². The first-order valence-corrected chi connectivity index (χ1v) is 29.2. The van der Waals surface area contributed by atoms with Gasteiger partial charge < -0.3 is 63.8 Å². The van der Waals surface area contributed by atoms with Crippen LogP contribution >= 0.6 is 0 Å². The molecule has 3 saturated heterocycles. The molecule has 0 unspecified atom stereocenters. The number of likely N-dealkylation sites (N-methyl/N-ethyl adjacent to an activating group) is 2. The minimum absolute atomic E-state index is 0.0162. The lowest BCUT2D eigenvalue weighted by Crippen LogP contribution is -2.60. The third kappa shape index (κ3) is 16.0. The van der Waals surface area contributed by atoms with Gasteiger partial charge in [-0.25, -0.2) is 17.5 Å². The highest BCUT2D eigenvalue weighted by molar-refractivity contribution is 7.91. The zero-order chi connectivity index (χ0) is 56.7. The molecule has 436 valence electrons. The average molecular weight is 1100 g/mol. The molecule has 3 aliphatic heterocycles. The second-order valence-corrected chi connectivity index (χ2v) is 25.5. The van der Waals surface area contributed by atoms with Crippen molar-refractivity contribution in [3.8, 4) is 0 Å². The molecular weight excluding hydrogens is 1010 g/mol. The van der Waals surface area contributed by atoms with E-state index in [1.54, 1.807) is 78.9 Å². The van der Waals surface area contributed by atoms with E-state index in [0.29, 0.717) is 44.5 Å². The number of aliphatic hydroxyl groups excluding tert-OH is 3. The predicted octanol–water partition coefficient (Wildman–Crippen LogP) is 4.82. The number of alkyl halides is 1. The van der Waals surface area contributed by atoms with E-state index in [1.807, 2.05) is 44.7 Å². The largest absolute Gasteiger partial charge is 0.459 e. The fourth-order valence-electron chi connectivity index (χ4n) is 11.5. The highest BCUT2D eigenvalue weighted by Gasteiger charge is 2.52. The lowest BCUT2D eigenvalue weighted by atomic mass is 9.78. The van der Waals surface area contributed by atoms with E-state index in [9.17, 15) is 43.1 Å². The molecular formula is C55H94FN5O14S. The van der Waals surface area contributed by atoms with Gasteiger partial charge in [0.25, 0.3) is 0 Å². The maximum Gasteiger partial charge on any atom is 0.311 e. The molecule has 5 rings (SSSR count). The highest BCUT2D eigenvalue weighted by Crippen LogP contribution is 2.40. The molecule has 1 aromatic heterocycles. The van der Waals surface area contributed by atoms with Crippen LogP contribution in [0, 0.1) is 17.8 Å². The zero-order valence-corrected chi connectivity index (χ0v) is 48.6. The Morgan fingerprint density at radius 2 is 1.64 bits per heavy atom. The van der Waals surface area contributed by atoms with Crippen molar-refractivity contribution in [2.75, 3.05) is 46.7 Å². The summed E-state index contributed by atoms with van der Waals surface area (Å²) < 4.78 is 79.5. The fraction of sp³-hybridized carbons (Fsp3) is 0.836. The van der Waals surface area contributed by atoms with Gasteiger partial charge in [-0.15, -0.1) is 5.10 Å². The summed E-state index contributed by atoms with van der Waals surface area (Å²) in [6, 6.07) is 4.97. The summed E-state index contributed by atoms with van der Waals surface area (Å²) in [5.74, 6) is -2.54. The molecule has 3 aliphatic rings. The van der Waals surface area contributed by atoms with Gasteiger partial charge >= 0.3 is 5.97 Å². The smallest absolute Gasteiger partial charge is 0.311 e. The van der Waals surface area contributed by atoms with E-state index in [0.717, 1.165) is 5.56 Å². The standard InChI is InChI=1S/C55H94FN5O14S/c1-15-25-76(68,69)42-19-17-39(18-20-42)27-41(30-56)61-32-40(57-58-61)22-24-59(12)43-26-34(4)71-52(47(43)63)75-50-35(5)48(74-46-29-55(11,70-14)49(64)38(8)72-46)36(6)51(65)73-45(16-2)54(10,67)28-44(62)37(7)60(13)31-33(3)21-23-53(50,9)66/h17-20,32-38,41,43-50,52,62-64,66-67H,15-16,21-31H2,1-14H3/t33-,34-,35+,36-,37-,38+,41+,43+,44+,45-,46+,47-,48+,49+,50-,52+,53-,54+,55-/m1/s1. The van der Waals surface area contributed by atoms with Gasteiger partial charge in [0.1, 0.15) is 30.6 Å². The summed E-state index contributed by atoms with van der Waals surface area (Å²) in [6.45, 7) is 19.8. The molecule has 1 aromatic carbocycles. The Bertz CT molecular complexity index is 2230. The van der Waals surface area contributed by atoms with Gasteiger partial charge in [0, 0.05) is 63.7 Å². The average Bonchev–Trinajstić information content (AvgIpc) is 3.84. The Morgan fingerprint density at radius 3 is 2.26 bits per heavy atom. The lowest BCUT2D eigenvalue weighted by molar-refractivity contribution is -0.318. The van der Waals surface area contributed by atoms with Crippen LogP contribution in [0.3, 0.4) is 0 Å². The quantitative estimate of drug-likeness (QED) is 0.133. The first-order chi connectivity index (χ1) is 35.5. The third-order valence-corrected chi connectivity index (χ3v) is 18.7. The number of aromatic nitrogens is 3. The highest BCUT2D eigenvalue weighted by atomic mass is 32.2. The molecule has 0 saturated carbocycles. The first-order valence-electron chi connectivity index (χ1n) is 27.6. The predicted molar refractivity (Wildman–Crippen MR) is 284 cm³/mol. The van der Waals surface area contributed by atoms with Gasteiger partial charge in [0.05, 0.1) is 70.0 Å². The maximum absolute atomic E-state index is 14.6. The van der Waals surface area contributed by atoms with Crippen molar-refractivity contribution in [2.24, 2.45) is 17.8 Å². The molecule has 21 heteroatoms. The number of hydrogen-bond donors (Lipinski definition) is 5. The molecule has 0 bridgehead atoms. The van der Waals surface area contributed by atoms with Gasteiger partial charge in [-0.2, -0.15) is 0 Å². The Morgan fingerprint density at radius 1 is 0.974 bits per heavy atom. The Kier molecular flexibility index (Phi) is 22.9. The number of nitrogens with zero attached hydrogens (tertiary/aromatic N) is 5. The second kappa shape index (κ2) is 27.1. The van der Waals surface area contributed by atoms with Crippen LogP contribution in [0.2, 0.25) is 0 Å². The molecule has 4 heterocycles. The van der Waals surface area contributed by atoms with E-state index in [1.165, 1.54) is 11.8 Å². The third-order valence-electron chi connectivity index (χ3n) is 16.7. The molecule has 0 aliphatic carbocycles. The Labute approximate surface area is 452 Å². The molecule has 19 nitrogen and oxygen atoms in total. The molecule has 5 N–H and O–H groups in total. The summed E-state index contributed by atoms with van der Waals surface area (Å²) in [5.41, 5.74) is -2.95. The SMILES string of the molecule is CCCS(=O)(=O)c1ccc(C[C@@H](CF)n2cc(CCN(C)[C@H]3C[C@@H](C)O[C@@H](O[C@@H]4[C@@H](C)[C@H](O[C@H]5C[C@@](C)(OC)[C@@H](O)[C@H](C)O5)[C@@H](C)C(=O)O[C@H](CC)[C@@](C)(O)C[C@H](O)[C@@H](C)N(C)C[C@H](C)CC[C@@]4(C)O)[C@@H]3O)nn2)cc1. The van der Waals surface area contributed by atoms with Crippen LogP contribution in [0.1, 0.15) is 138 Å². The van der Waals surface area contributed by atoms with Crippen LogP contribution in [-0.4, -0.2) is 202 Å². The van der Waals surface area contributed by atoms with E-state index in [4.69, 9.17) is 28.4 Å². The Hall–Kier alpha value is -2.77. The molecule has 19 atom stereocenters. The molecule has 0 spiro atoms. The van der Waals surface area contributed by atoms with E-state index >= 15 is 0 Å². The monoisotopic (exact) mass is 1100 g/mol. The van der Waals surface area contributed by atoms with Gasteiger partial charge in [-0.1, -0.05) is 45.0 Å². The van der Waals surface area contributed by atoms with Crippen LogP contribution in [0.25, 0.3) is 0 Å². The summed E-state index contributed by atoms with van der Waals surface area (Å²) >= 11 is 0. The number of rotatable bonds is 17. The van der Waals surface area contributed by atoms with Gasteiger partial charge in [-0.3, -0.25) is 4.79 Å². The van der Waals surface area contributed by atoms with Crippen LogP contribution < -0.4 is 0 Å². The minimum atomic E-state index is -3.38. The van der Waals surface area contributed by atoms with E-state index in [2.05, 4.69) is 17.2 Å². The van der Waals surface area contributed by atoms with Crippen molar-refractivity contribution in [2.45, 2.75) is 235 Å². The number of esters is 1. The van der Waals surface area contributed by atoms with Crippen LogP contribution in [0.4, 0.5) is 4.39 Å². The number of carbonyl (C=O) groups is 1. The summed E-state index contributed by atoms with van der Waals surface area (Å²) in [6.07, 6.45) is -5.53. The molecule has 76 heavy (non-hydrogen) atoms. The molecule has 3 fully saturated rings. The number of methoxy groups -OCH3 is 1. The fourth-order valence-corrected chi connectivity index (χ4v) is 12.8. The summed E-state index contributed by atoms with van der Waals surface area (Å²) in [5, 5.41) is 68.2. The number of cyclic esters (lactones) is 1. The number of benzene rings is 1. The van der Waals surface area contributed by atoms with Crippen molar-refractivity contribution in [1.82, 2.24) is 24.8 Å². The van der Waals surface area contributed by atoms with Crippen LogP contribution in [0.5, 0.6) is 0 Å². The number of ether oxygens (including phenoxy) is 6. The van der Waals surface area contributed by atoms with Gasteiger partial charge in [-0.05, 0) is 125 Å². The Balaban J connectivity index is 1.42. The molecule has 2 aromatic rings. The normalized spacial score (nSPS) is 38.6.